The Morgan fingerprint density at radius 2 is 1.70 bits per heavy atom. The number of hydrogen-bond donors (Lipinski definition) is 2. The highest BCUT2D eigenvalue weighted by atomic mass is 79.9. The summed E-state index contributed by atoms with van der Waals surface area (Å²) in [4.78, 5) is 19.8. The van der Waals surface area contributed by atoms with E-state index in [1.165, 1.54) is 54.9 Å². The van der Waals surface area contributed by atoms with Gasteiger partial charge in [-0.2, -0.15) is 10.1 Å². The van der Waals surface area contributed by atoms with Crippen molar-refractivity contribution in [2.45, 2.75) is 50.5 Å². The van der Waals surface area contributed by atoms with Gasteiger partial charge in [0.05, 0.1) is 29.0 Å². The van der Waals surface area contributed by atoms with Crippen LogP contribution in [0.2, 0.25) is 0 Å². The van der Waals surface area contributed by atoms with Crippen molar-refractivity contribution in [3.05, 3.63) is 65.2 Å². The summed E-state index contributed by atoms with van der Waals surface area (Å²) in [6.45, 7) is 8.70. The van der Waals surface area contributed by atoms with Gasteiger partial charge < -0.3 is 20.3 Å². The smallest absolute Gasteiger partial charge is 0.229 e. The first-order valence-electron chi connectivity index (χ1n) is 17.7. The summed E-state index contributed by atoms with van der Waals surface area (Å²) < 4.78 is 8.64. The van der Waals surface area contributed by atoms with Crippen LogP contribution in [0.3, 0.4) is 0 Å². The van der Waals surface area contributed by atoms with Gasteiger partial charge in [-0.25, -0.2) is 4.98 Å². The number of benzene rings is 2. The molecule has 2 saturated carbocycles. The summed E-state index contributed by atoms with van der Waals surface area (Å²) in [7, 11) is 3.25. The SMILES string of the molecule is COc1cc(N2CCN(C3CCCC3)CC2)c(-c2cnn(C)c2)cc1Nc1ncc(Br)c(Nc2ccc3nc(C4CC4)ccc3c2P(C)C)n1. The van der Waals surface area contributed by atoms with E-state index in [0.717, 1.165) is 76.1 Å². The minimum absolute atomic E-state index is 0.431. The number of hydrogen-bond acceptors (Lipinski definition) is 9. The average molecular weight is 755 g/mol. The van der Waals surface area contributed by atoms with Crippen molar-refractivity contribution in [2.24, 2.45) is 7.05 Å². The number of aryl methyl sites for hydroxylation is 1. The maximum atomic E-state index is 6.00. The molecule has 0 radical (unpaired) electrons. The lowest BCUT2D eigenvalue weighted by Crippen LogP contribution is -2.49. The second-order valence-electron chi connectivity index (χ2n) is 14.0. The number of aromatic nitrogens is 5. The molecule has 2 aromatic carbocycles. The summed E-state index contributed by atoms with van der Waals surface area (Å²) >= 11 is 3.70. The van der Waals surface area contributed by atoms with Crippen LogP contribution in [0.5, 0.6) is 5.75 Å². The minimum atomic E-state index is -0.431. The van der Waals surface area contributed by atoms with Gasteiger partial charge in [0.25, 0.3) is 0 Å². The van der Waals surface area contributed by atoms with Gasteiger partial charge in [0.1, 0.15) is 11.6 Å². The molecule has 3 aromatic heterocycles. The van der Waals surface area contributed by atoms with Crippen LogP contribution in [0.25, 0.3) is 22.0 Å². The summed E-state index contributed by atoms with van der Waals surface area (Å²) in [6, 6.07) is 13.8. The summed E-state index contributed by atoms with van der Waals surface area (Å²) in [6.07, 6.45) is 13.7. The van der Waals surface area contributed by atoms with Crippen molar-refractivity contribution in [3.8, 4) is 16.9 Å². The number of anilines is 5. The third-order valence-corrected chi connectivity index (χ3v) is 12.3. The summed E-state index contributed by atoms with van der Waals surface area (Å²) in [5, 5.41) is 14.1. The van der Waals surface area contributed by atoms with Gasteiger partial charge in [-0.15, -0.1) is 0 Å². The minimum Gasteiger partial charge on any atom is -0.494 e. The Kier molecular flexibility index (Phi) is 9.40. The first-order chi connectivity index (χ1) is 24.3. The number of nitrogens with zero attached hydrogens (tertiary/aromatic N) is 7. The van der Waals surface area contributed by atoms with Crippen molar-refractivity contribution in [2.75, 3.05) is 62.2 Å². The molecule has 3 fully saturated rings. The van der Waals surface area contributed by atoms with E-state index in [2.05, 4.69) is 102 Å². The Bertz CT molecular complexity index is 2020. The molecular weight excluding hydrogens is 709 g/mol. The highest BCUT2D eigenvalue weighted by Crippen LogP contribution is 2.43. The molecule has 5 aromatic rings. The van der Waals surface area contributed by atoms with Crippen LogP contribution in [-0.4, -0.2) is 82.3 Å². The third kappa shape index (κ3) is 6.80. The molecule has 3 aliphatic rings. The van der Waals surface area contributed by atoms with E-state index in [9.17, 15) is 0 Å². The Balaban J connectivity index is 1.09. The van der Waals surface area contributed by atoms with Crippen LogP contribution in [0, 0.1) is 0 Å². The number of nitrogens with one attached hydrogen (secondary N) is 2. The number of halogens is 1. The molecule has 50 heavy (non-hydrogen) atoms. The molecule has 0 atom stereocenters. The standard InChI is InChI=1S/C38H45BrN9OP/c1-46-23-25(21-41-46)28-19-33(35(49-2)20-34(28)48-17-15-47(16-18-48)26-7-5-6-8-26)44-38-40-22-29(39)37(45-38)43-32-14-13-31-27(36(32)50(3)4)11-12-30(42-31)24-9-10-24/h11-14,19-24,26H,5-10,15-18H2,1-4H3,(H2,40,43,44,45). The van der Waals surface area contributed by atoms with Crippen LogP contribution in [0.1, 0.15) is 50.1 Å². The molecule has 8 rings (SSSR count). The quantitative estimate of drug-likeness (QED) is 0.138. The van der Waals surface area contributed by atoms with Crippen molar-refractivity contribution < 1.29 is 4.74 Å². The number of ether oxygens (including phenoxy) is 1. The maximum Gasteiger partial charge on any atom is 0.229 e. The molecule has 4 heterocycles. The fourth-order valence-corrected chi connectivity index (χ4v) is 9.22. The van der Waals surface area contributed by atoms with E-state index < -0.39 is 7.92 Å². The Labute approximate surface area is 303 Å². The summed E-state index contributed by atoms with van der Waals surface area (Å²) in [5.41, 5.74) is 7.42. The molecule has 1 aliphatic heterocycles. The second-order valence-corrected chi connectivity index (χ2v) is 17.1. The fourth-order valence-electron chi connectivity index (χ4n) is 7.64. The predicted octanol–water partition coefficient (Wildman–Crippen LogP) is 7.99. The highest BCUT2D eigenvalue weighted by molar-refractivity contribution is 9.10. The normalized spacial score (nSPS) is 17.2. The van der Waals surface area contributed by atoms with E-state index in [1.54, 1.807) is 13.3 Å². The van der Waals surface area contributed by atoms with E-state index in [-0.39, 0.29) is 0 Å². The Morgan fingerprint density at radius 1 is 0.900 bits per heavy atom. The lowest BCUT2D eigenvalue weighted by atomic mass is 10.0. The van der Waals surface area contributed by atoms with Gasteiger partial charge in [0.15, 0.2) is 0 Å². The van der Waals surface area contributed by atoms with Crippen LogP contribution >= 0.6 is 23.9 Å². The van der Waals surface area contributed by atoms with E-state index in [1.807, 2.05) is 17.9 Å². The maximum absolute atomic E-state index is 6.00. The number of rotatable bonds is 10. The second kappa shape index (κ2) is 14.1. The van der Waals surface area contributed by atoms with Crippen LogP contribution in [0.4, 0.5) is 28.8 Å². The van der Waals surface area contributed by atoms with Crippen molar-refractivity contribution >= 4 is 68.9 Å². The monoisotopic (exact) mass is 753 g/mol. The van der Waals surface area contributed by atoms with Crippen LogP contribution in [0.15, 0.2) is 59.5 Å². The molecule has 2 aliphatic carbocycles. The number of methoxy groups -OCH3 is 1. The molecule has 0 unspecified atom stereocenters. The molecule has 1 saturated heterocycles. The lowest BCUT2D eigenvalue weighted by Gasteiger charge is -2.40. The molecule has 12 heteroatoms. The van der Waals surface area contributed by atoms with Crippen molar-refractivity contribution in [1.82, 2.24) is 29.6 Å². The third-order valence-electron chi connectivity index (χ3n) is 10.4. The molecule has 260 valence electrons. The Hall–Kier alpha value is -3.79. The van der Waals surface area contributed by atoms with Gasteiger partial charge in [0, 0.05) is 103 Å². The summed E-state index contributed by atoms with van der Waals surface area (Å²) in [5.74, 6) is 2.52. The van der Waals surface area contributed by atoms with Gasteiger partial charge in [-0.1, -0.05) is 26.8 Å². The van der Waals surface area contributed by atoms with Crippen molar-refractivity contribution in [3.63, 3.8) is 0 Å². The Morgan fingerprint density at radius 3 is 2.40 bits per heavy atom. The number of pyridine rings is 1. The van der Waals surface area contributed by atoms with E-state index >= 15 is 0 Å². The predicted molar refractivity (Wildman–Crippen MR) is 210 cm³/mol. The zero-order valence-corrected chi connectivity index (χ0v) is 31.8. The molecule has 0 amide bonds. The van der Waals surface area contributed by atoms with Crippen LogP contribution in [-0.2, 0) is 7.05 Å². The topological polar surface area (TPSA) is 96.3 Å². The molecular formula is C38H45BrN9OP. The highest BCUT2D eigenvalue weighted by Gasteiger charge is 2.29. The zero-order valence-electron chi connectivity index (χ0n) is 29.3. The van der Waals surface area contributed by atoms with E-state index in [0.29, 0.717) is 17.7 Å². The number of piperazine rings is 1. The zero-order chi connectivity index (χ0) is 34.4. The molecule has 0 bridgehead atoms. The molecule has 10 nitrogen and oxygen atoms in total. The fraction of sp³-hybridized carbons (Fsp3) is 0.421. The largest absolute Gasteiger partial charge is 0.494 e. The van der Waals surface area contributed by atoms with Gasteiger partial charge >= 0.3 is 0 Å². The molecule has 0 spiro atoms. The first kappa shape index (κ1) is 33.4. The molecule has 2 N–H and O–H groups in total. The van der Waals surface area contributed by atoms with Gasteiger partial charge in [-0.3, -0.25) is 14.6 Å². The van der Waals surface area contributed by atoms with Gasteiger partial charge in [-0.05, 0) is 79.2 Å². The average Bonchev–Trinajstić information content (AvgIpc) is 3.65. The first-order valence-corrected chi connectivity index (χ1v) is 20.7. The number of fused-ring (bicyclic) bond motifs is 1. The van der Waals surface area contributed by atoms with Crippen molar-refractivity contribution in [1.29, 1.82) is 0 Å². The van der Waals surface area contributed by atoms with Gasteiger partial charge in [0.2, 0.25) is 5.95 Å². The van der Waals surface area contributed by atoms with E-state index in [4.69, 9.17) is 14.7 Å². The lowest BCUT2D eigenvalue weighted by molar-refractivity contribution is 0.187. The van der Waals surface area contributed by atoms with Crippen LogP contribution < -0.4 is 25.6 Å².